The summed E-state index contributed by atoms with van der Waals surface area (Å²) in [6.07, 6.45) is -0.329. The number of Topliss-reactive ketones (excluding diaryl/α,β-unsaturated/α-hetero) is 2. The normalized spacial score (nSPS) is 13.4. The number of ether oxygens (including phenoxy) is 1. The molecule has 1 unspecified atom stereocenters. The molecule has 1 atom stereocenters. The Balaban J connectivity index is 5.14. The second-order valence-corrected chi connectivity index (χ2v) is 4.38. The van der Waals surface area contributed by atoms with Crippen molar-refractivity contribution in [3.8, 4) is 0 Å². The first-order valence-electron chi connectivity index (χ1n) is 6.13. The van der Waals surface area contributed by atoms with E-state index in [2.05, 4.69) is 4.74 Å². The van der Waals surface area contributed by atoms with E-state index in [1.54, 1.807) is 6.92 Å². The largest absolute Gasteiger partial charge is 0.481 e. The average molecular weight is 272 g/mol. The third-order valence-corrected chi connectivity index (χ3v) is 3.28. The van der Waals surface area contributed by atoms with Crippen LogP contribution >= 0.6 is 0 Å². The Morgan fingerprint density at radius 1 is 1.11 bits per heavy atom. The Morgan fingerprint density at radius 2 is 1.63 bits per heavy atom. The first-order chi connectivity index (χ1) is 8.80. The van der Waals surface area contributed by atoms with E-state index in [1.807, 2.05) is 0 Å². The van der Waals surface area contributed by atoms with E-state index in [0.29, 0.717) is 0 Å². The van der Waals surface area contributed by atoms with Gasteiger partial charge in [0.15, 0.2) is 0 Å². The first-order valence-corrected chi connectivity index (χ1v) is 6.13. The van der Waals surface area contributed by atoms with Gasteiger partial charge in [-0.1, -0.05) is 6.92 Å². The lowest BCUT2D eigenvalue weighted by molar-refractivity contribution is -0.145. The summed E-state index contributed by atoms with van der Waals surface area (Å²) in [5, 5.41) is 8.72. The third kappa shape index (κ3) is 4.81. The number of rotatable bonds is 9. The number of aliphatic carboxylic acids is 1. The second-order valence-electron chi connectivity index (χ2n) is 4.38. The lowest BCUT2D eigenvalue weighted by Crippen LogP contribution is -2.39. The van der Waals surface area contributed by atoms with Crippen molar-refractivity contribution in [3.05, 3.63) is 0 Å². The van der Waals surface area contributed by atoms with Crippen LogP contribution in [0.3, 0.4) is 0 Å². The van der Waals surface area contributed by atoms with Gasteiger partial charge in [-0.15, -0.1) is 0 Å². The molecular weight excluding hydrogens is 252 g/mol. The molecule has 0 fully saturated rings. The van der Waals surface area contributed by atoms with Crippen molar-refractivity contribution in [2.24, 2.45) is 5.41 Å². The van der Waals surface area contributed by atoms with Crippen molar-refractivity contribution in [2.75, 3.05) is 7.11 Å². The molecule has 0 spiro atoms. The summed E-state index contributed by atoms with van der Waals surface area (Å²) in [5.74, 6) is -2.33. The van der Waals surface area contributed by atoms with E-state index in [-0.39, 0.29) is 37.9 Å². The van der Waals surface area contributed by atoms with Gasteiger partial charge in [-0.25, -0.2) is 0 Å². The van der Waals surface area contributed by atoms with Gasteiger partial charge < -0.3 is 9.84 Å². The number of ketones is 2. The Kier molecular flexibility index (Phi) is 6.96. The Morgan fingerprint density at radius 3 is 2.00 bits per heavy atom. The Bertz CT molecular complexity index is 373. The number of carboxylic acids is 1. The van der Waals surface area contributed by atoms with Crippen LogP contribution in [0.2, 0.25) is 0 Å². The summed E-state index contributed by atoms with van der Waals surface area (Å²) < 4.78 is 4.49. The van der Waals surface area contributed by atoms with Crippen molar-refractivity contribution < 1.29 is 29.0 Å². The maximum atomic E-state index is 12.0. The molecule has 0 aromatic rings. The smallest absolute Gasteiger partial charge is 0.305 e. The lowest BCUT2D eigenvalue weighted by atomic mass is 9.71. The highest BCUT2D eigenvalue weighted by molar-refractivity contribution is 6.06. The number of carbonyl (C=O) groups excluding carboxylic acids is 3. The van der Waals surface area contributed by atoms with Crippen LogP contribution in [0.5, 0.6) is 0 Å². The van der Waals surface area contributed by atoms with Crippen LogP contribution in [0.1, 0.15) is 46.0 Å². The molecule has 0 saturated carbocycles. The molecule has 0 aliphatic heterocycles. The van der Waals surface area contributed by atoms with Crippen molar-refractivity contribution in [1.82, 2.24) is 0 Å². The SMILES string of the molecule is CCC(=O)C(CCC(=O)O)(CCC(=O)OC)C(C)=O. The summed E-state index contributed by atoms with van der Waals surface area (Å²) in [6, 6.07) is 0. The predicted molar refractivity (Wildman–Crippen MR) is 66.5 cm³/mol. The van der Waals surface area contributed by atoms with Crippen molar-refractivity contribution in [1.29, 1.82) is 0 Å². The number of carbonyl (C=O) groups is 4. The van der Waals surface area contributed by atoms with Gasteiger partial charge in [-0.05, 0) is 19.8 Å². The Labute approximate surface area is 112 Å². The highest BCUT2D eigenvalue weighted by Crippen LogP contribution is 2.33. The van der Waals surface area contributed by atoms with Gasteiger partial charge >= 0.3 is 11.9 Å². The molecule has 0 aromatic heterocycles. The zero-order chi connectivity index (χ0) is 15.1. The molecule has 1 N–H and O–H groups in total. The fourth-order valence-electron chi connectivity index (χ4n) is 2.03. The standard InChI is InChI=1S/C13H20O6/c1-4-10(15)13(9(2)14,7-5-11(16)17)8-6-12(18)19-3/h4-8H2,1-3H3,(H,16,17). The number of esters is 1. The predicted octanol–water partition coefficient (Wildman–Crippen LogP) is 1.36. The van der Waals surface area contributed by atoms with E-state index in [1.165, 1.54) is 14.0 Å². The van der Waals surface area contributed by atoms with E-state index in [9.17, 15) is 19.2 Å². The molecule has 6 nitrogen and oxygen atoms in total. The highest BCUT2D eigenvalue weighted by Gasteiger charge is 2.42. The molecule has 0 aliphatic rings. The topological polar surface area (TPSA) is 97.7 Å². The van der Waals surface area contributed by atoms with E-state index in [0.717, 1.165) is 0 Å². The van der Waals surface area contributed by atoms with Crippen molar-refractivity contribution in [3.63, 3.8) is 0 Å². The summed E-state index contributed by atoms with van der Waals surface area (Å²) in [6.45, 7) is 2.87. The number of carboxylic acid groups (broad SMARTS) is 1. The van der Waals surface area contributed by atoms with E-state index >= 15 is 0 Å². The van der Waals surface area contributed by atoms with Crippen LogP contribution in [-0.4, -0.2) is 35.7 Å². The van der Waals surface area contributed by atoms with E-state index < -0.39 is 23.1 Å². The molecule has 19 heavy (non-hydrogen) atoms. The molecule has 0 amide bonds. The van der Waals surface area contributed by atoms with Gasteiger partial charge in [0.1, 0.15) is 11.6 Å². The van der Waals surface area contributed by atoms with Gasteiger partial charge in [0, 0.05) is 19.3 Å². The van der Waals surface area contributed by atoms with Crippen LogP contribution in [0.25, 0.3) is 0 Å². The van der Waals surface area contributed by atoms with Crippen LogP contribution in [-0.2, 0) is 23.9 Å². The second kappa shape index (κ2) is 7.66. The molecular formula is C13H20O6. The van der Waals surface area contributed by atoms with Gasteiger partial charge in [0.25, 0.3) is 0 Å². The zero-order valence-corrected chi connectivity index (χ0v) is 11.5. The van der Waals surface area contributed by atoms with Gasteiger partial charge in [-0.2, -0.15) is 0 Å². The number of hydrogen-bond acceptors (Lipinski definition) is 5. The minimum Gasteiger partial charge on any atom is -0.481 e. The van der Waals surface area contributed by atoms with Gasteiger partial charge in [-0.3, -0.25) is 19.2 Å². The summed E-state index contributed by atoms with van der Waals surface area (Å²) in [5.41, 5.74) is -1.39. The van der Waals surface area contributed by atoms with Crippen LogP contribution < -0.4 is 0 Å². The Hall–Kier alpha value is -1.72. The first kappa shape index (κ1) is 17.3. The maximum Gasteiger partial charge on any atom is 0.305 e. The fraction of sp³-hybridized carbons (Fsp3) is 0.692. The zero-order valence-electron chi connectivity index (χ0n) is 11.5. The minimum absolute atomic E-state index is 0.00500. The fourth-order valence-corrected chi connectivity index (χ4v) is 2.03. The number of methoxy groups -OCH3 is 1. The van der Waals surface area contributed by atoms with Gasteiger partial charge in [0.2, 0.25) is 0 Å². The molecule has 108 valence electrons. The molecule has 6 heteroatoms. The lowest BCUT2D eigenvalue weighted by Gasteiger charge is -2.28. The molecule has 0 bridgehead atoms. The van der Waals surface area contributed by atoms with Crippen LogP contribution in [0.15, 0.2) is 0 Å². The van der Waals surface area contributed by atoms with Gasteiger partial charge in [0.05, 0.1) is 12.5 Å². The quantitative estimate of drug-likeness (QED) is 0.502. The van der Waals surface area contributed by atoms with E-state index in [4.69, 9.17) is 5.11 Å². The molecule has 0 aromatic carbocycles. The van der Waals surface area contributed by atoms with Crippen LogP contribution in [0.4, 0.5) is 0 Å². The average Bonchev–Trinajstić information content (AvgIpc) is 2.37. The van der Waals surface area contributed by atoms with Crippen molar-refractivity contribution in [2.45, 2.75) is 46.0 Å². The molecule has 0 heterocycles. The summed E-state index contributed by atoms with van der Waals surface area (Å²) >= 11 is 0. The monoisotopic (exact) mass is 272 g/mol. The van der Waals surface area contributed by atoms with Crippen LogP contribution in [0, 0.1) is 5.41 Å². The summed E-state index contributed by atoms with van der Waals surface area (Å²) in [7, 11) is 1.22. The molecule has 0 rings (SSSR count). The number of hydrogen-bond donors (Lipinski definition) is 1. The van der Waals surface area contributed by atoms with Crippen molar-refractivity contribution >= 4 is 23.5 Å². The molecule has 0 saturated heterocycles. The molecule has 0 aliphatic carbocycles. The molecule has 0 radical (unpaired) electrons. The highest BCUT2D eigenvalue weighted by atomic mass is 16.5. The maximum absolute atomic E-state index is 12.0. The third-order valence-electron chi connectivity index (χ3n) is 3.28. The summed E-state index contributed by atoms with van der Waals surface area (Å²) in [4.78, 5) is 45.7. The minimum atomic E-state index is -1.39.